The quantitative estimate of drug-likeness (QED) is 0.566. The van der Waals surface area contributed by atoms with Gasteiger partial charge >= 0.3 is 5.56 Å². The van der Waals surface area contributed by atoms with Crippen molar-refractivity contribution in [1.29, 1.82) is 0 Å². The smallest absolute Gasteiger partial charge is 0.321 e. The zero-order valence-corrected chi connectivity index (χ0v) is 13.8. The van der Waals surface area contributed by atoms with Crippen molar-refractivity contribution >= 4 is 22.6 Å². The summed E-state index contributed by atoms with van der Waals surface area (Å²) < 4.78 is 3.03. The molecule has 0 aliphatic carbocycles. The van der Waals surface area contributed by atoms with Crippen molar-refractivity contribution in [2.24, 2.45) is 0 Å². The summed E-state index contributed by atoms with van der Waals surface area (Å²) in [5, 5.41) is -0.129. The molecule has 0 unspecified atom stereocenters. The van der Waals surface area contributed by atoms with Crippen molar-refractivity contribution in [1.82, 2.24) is 19.3 Å². The lowest BCUT2D eigenvalue weighted by molar-refractivity contribution is 0.0989. The van der Waals surface area contributed by atoms with Crippen LogP contribution in [0.15, 0.2) is 72.0 Å². The Kier molecular flexibility index (Phi) is 3.95. The fraction of sp³-hybridized carbons (Fsp3) is 0.0556. The summed E-state index contributed by atoms with van der Waals surface area (Å²) in [6.07, 6.45) is 5.18. The van der Waals surface area contributed by atoms with Crippen molar-refractivity contribution in [3.8, 4) is 5.69 Å². The zero-order valence-electron chi connectivity index (χ0n) is 13.0. The first-order valence-electron chi connectivity index (χ1n) is 7.60. The summed E-state index contributed by atoms with van der Waals surface area (Å²) in [4.78, 5) is 26.3. The molecule has 4 rings (SSSR count). The van der Waals surface area contributed by atoms with Crippen LogP contribution in [0.1, 0.15) is 5.56 Å². The molecule has 0 spiro atoms. The molecule has 4 aromatic rings. The minimum Gasteiger partial charge on any atom is -0.405 e. The minimum atomic E-state index is -0.493. The topological polar surface area (TPSA) is 61.9 Å². The predicted octanol–water partition coefficient (Wildman–Crippen LogP) is 2.86. The third kappa shape index (κ3) is 2.99. The second-order valence-electron chi connectivity index (χ2n) is 5.40. The van der Waals surface area contributed by atoms with E-state index in [-0.39, 0.29) is 11.8 Å². The number of hydrogen-bond donors (Lipinski definition) is 0. The molecule has 0 aliphatic heterocycles. The number of halogens is 1. The van der Waals surface area contributed by atoms with E-state index in [1.165, 1.54) is 4.73 Å². The average molecular weight is 353 g/mol. The summed E-state index contributed by atoms with van der Waals surface area (Å²) in [6.45, 7) is 0.242. The summed E-state index contributed by atoms with van der Waals surface area (Å²) in [6, 6.07) is 15.1. The summed E-state index contributed by atoms with van der Waals surface area (Å²) >= 11 is 5.97. The second kappa shape index (κ2) is 6.41. The highest BCUT2D eigenvalue weighted by Crippen LogP contribution is 2.17. The molecule has 25 heavy (non-hydrogen) atoms. The van der Waals surface area contributed by atoms with Crippen molar-refractivity contribution in [3.05, 3.63) is 88.3 Å². The number of fused-ring (bicyclic) bond motifs is 1. The Morgan fingerprint density at radius 1 is 1.12 bits per heavy atom. The lowest BCUT2D eigenvalue weighted by Gasteiger charge is -2.13. The summed E-state index contributed by atoms with van der Waals surface area (Å²) in [5.74, 6) is 0. The minimum absolute atomic E-state index is 0.129. The van der Waals surface area contributed by atoms with Gasteiger partial charge in [0.2, 0.25) is 0 Å². The van der Waals surface area contributed by atoms with Gasteiger partial charge in [0, 0.05) is 18.1 Å². The van der Waals surface area contributed by atoms with Crippen LogP contribution >= 0.6 is 11.6 Å². The van der Waals surface area contributed by atoms with E-state index in [0.717, 1.165) is 11.3 Å². The van der Waals surface area contributed by atoms with Gasteiger partial charge in [-0.2, -0.15) is 0 Å². The molecule has 2 heterocycles. The number of aromatic nitrogens is 4. The van der Waals surface area contributed by atoms with Gasteiger partial charge in [-0.05, 0) is 23.8 Å². The Bertz CT molecular complexity index is 1080. The average Bonchev–Trinajstić information content (AvgIpc) is 3.17. The third-order valence-corrected chi connectivity index (χ3v) is 4.01. The van der Waals surface area contributed by atoms with Gasteiger partial charge in [0.25, 0.3) is 0 Å². The molecule has 2 aromatic heterocycles. The molecule has 0 amide bonds. The molecule has 0 fully saturated rings. The molecule has 0 aliphatic rings. The lowest BCUT2D eigenvalue weighted by atomic mass is 10.2. The van der Waals surface area contributed by atoms with E-state index in [2.05, 4.69) is 9.97 Å². The zero-order chi connectivity index (χ0) is 17.2. The van der Waals surface area contributed by atoms with Crippen LogP contribution in [0, 0.1) is 0 Å². The Hall–Kier alpha value is -3.12. The first-order valence-corrected chi connectivity index (χ1v) is 7.98. The van der Waals surface area contributed by atoms with Gasteiger partial charge in [-0.3, -0.25) is 4.79 Å². The fourth-order valence-electron chi connectivity index (χ4n) is 2.53. The van der Waals surface area contributed by atoms with Gasteiger partial charge in [-0.1, -0.05) is 41.9 Å². The van der Waals surface area contributed by atoms with Gasteiger partial charge < -0.3 is 9.40 Å². The highest BCUT2D eigenvalue weighted by Gasteiger charge is 2.12. The molecular formula is C18H13ClN4O2. The predicted molar refractivity (Wildman–Crippen MR) is 94.9 cm³/mol. The molecule has 0 atom stereocenters. The first-order chi connectivity index (χ1) is 12.2. The van der Waals surface area contributed by atoms with Gasteiger partial charge in [-0.25, -0.2) is 9.97 Å². The van der Waals surface area contributed by atoms with E-state index in [0.29, 0.717) is 11.0 Å². The maximum absolute atomic E-state index is 12.4. The van der Waals surface area contributed by atoms with E-state index in [4.69, 9.17) is 16.4 Å². The van der Waals surface area contributed by atoms with Crippen LogP contribution in [-0.4, -0.2) is 19.3 Å². The van der Waals surface area contributed by atoms with Crippen LogP contribution in [0.2, 0.25) is 5.15 Å². The molecule has 0 saturated carbocycles. The maximum atomic E-state index is 12.4. The fourth-order valence-corrected chi connectivity index (χ4v) is 2.70. The number of rotatable bonds is 4. The second-order valence-corrected chi connectivity index (χ2v) is 5.76. The number of benzene rings is 2. The van der Waals surface area contributed by atoms with E-state index in [1.807, 2.05) is 53.2 Å². The van der Waals surface area contributed by atoms with Crippen molar-refractivity contribution < 1.29 is 4.84 Å². The lowest BCUT2D eigenvalue weighted by Crippen LogP contribution is -2.28. The molecule has 6 nitrogen and oxygen atoms in total. The van der Waals surface area contributed by atoms with Gasteiger partial charge in [-0.15, -0.1) is 4.73 Å². The molecule has 0 bridgehead atoms. The Morgan fingerprint density at radius 3 is 2.72 bits per heavy atom. The van der Waals surface area contributed by atoms with Crippen LogP contribution in [0.5, 0.6) is 0 Å². The van der Waals surface area contributed by atoms with Crippen molar-refractivity contribution in [2.75, 3.05) is 0 Å². The molecule has 0 radical (unpaired) electrons. The monoisotopic (exact) mass is 352 g/mol. The first kappa shape index (κ1) is 15.4. The van der Waals surface area contributed by atoms with Crippen LogP contribution in [-0.2, 0) is 6.61 Å². The number of imidazole rings is 1. The van der Waals surface area contributed by atoms with Gasteiger partial charge in [0.05, 0.1) is 11.8 Å². The normalized spacial score (nSPS) is 10.9. The molecule has 2 aromatic carbocycles. The Balaban J connectivity index is 1.81. The van der Waals surface area contributed by atoms with Gasteiger partial charge in [0.1, 0.15) is 12.1 Å². The summed E-state index contributed by atoms with van der Waals surface area (Å²) in [5.41, 5.74) is 2.40. The van der Waals surface area contributed by atoms with E-state index >= 15 is 0 Å². The molecule has 0 N–H and O–H groups in total. The molecule has 0 saturated heterocycles. The highest BCUT2D eigenvalue weighted by molar-refractivity contribution is 6.29. The Morgan fingerprint density at radius 2 is 1.96 bits per heavy atom. The van der Waals surface area contributed by atoms with E-state index in [9.17, 15) is 4.79 Å². The molecule has 7 heteroatoms. The van der Waals surface area contributed by atoms with Crippen LogP contribution in [0.4, 0.5) is 0 Å². The molecule has 124 valence electrons. The SMILES string of the molecule is O=c1c(Cl)nc2ccc(-n3ccnc3)cc2n1OCc1ccccc1. The standard InChI is InChI=1S/C18H13ClN4O2/c19-17-18(24)23(25-11-13-4-2-1-3-5-13)16-10-14(6-7-15(16)21-17)22-9-8-20-12-22/h1-10,12H,11H2. The van der Waals surface area contributed by atoms with E-state index < -0.39 is 5.56 Å². The largest absolute Gasteiger partial charge is 0.405 e. The third-order valence-electron chi connectivity index (χ3n) is 3.76. The number of hydrogen-bond acceptors (Lipinski definition) is 4. The van der Waals surface area contributed by atoms with E-state index in [1.54, 1.807) is 18.6 Å². The van der Waals surface area contributed by atoms with Crippen LogP contribution in [0.3, 0.4) is 0 Å². The van der Waals surface area contributed by atoms with Gasteiger partial charge in [0.15, 0.2) is 5.15 Å². The van der Waals surface area contributed by atoms with Crippen molar-refractivity contribution in [2.45, 2.75) is 6.61 Å². The number of nitrogens with zero attached hydrogens (tertiary/aromatic N) is 4. The van der Waals surface area contributed by atoms with Crippen LogP contribution < -0.4 is 10.4 Å². The van der Waals surface area contributed by atoms with Crippen molar-refractivity contribution in [3.63, 3.8) is 0 Å². The Labute approximate surface area is 147 Å². The highest BCUT2D eigenvalue weighted by atomic mass is 35.5. The molecular weight excluding hydrogens is 340 g/mol. The van der Waals surface area contributed by atoms with Crippen LogP contribution in [0.25, 0.3) is 16.7 Å². The maximum Gasteiger partial charge on any atom is 0.321 e. The summed E-state index contributed by atoms with van der Waals surface area (Å²) in [7, 11) is 0.